The molecule has 5 aliphatic heterocycles. The van der Waals surface area contributed by atoms with Gasteiger partial charge >= 0.3 is 47.8 Å². The van der Waals surface area contributed by atoms with E-state index in [9.17, 15) is 88.5 Å². The van der Waals surface area contributed by atoms with Crippen LogP contribution in [0.5, 0.6) is 5.75 Å². The molecule has 13 N–H and O–H groups in total. The number of ketones is 2. The van der Waals surface area contributed by atoms with Gasteiger partial charge in [-0.2, -0.15) is 0 Å². The van der Waals surface area contributed by atoms with Gasteiger partial charge in [0.15, 0.2) is 11.4 Å². The Morgan fingerprint density at radius 2 is 1.45 bits per heavy atom. The summed E-state index contributed by atoms with van der Waals surface area (Å²) in [6.45, 7) is 5.60. The Kier molecular flexibility index (Phi) is 28.8. The second-order valence-electron chi connectivity index (χ2n) is 31.2. The van der Waals surface area contributed by atoms with E-state index in [1.165, 1.54) is 7.11 Å². The number of carbonyl (C=O) groups is 13. The summed E-state index contributed by atoms with van der Waals surface area (Å²) in [6.07, 6.45) is 0.231. The number of carboxylic acid groups (broad SMARTS) is 5. The molecule has 3 aromatic carbocycles. The van der Waals surface area contributed by atoms with E-state index in [0.717, 1.165) is 49.4 Å². The van der Waals surface area contributed by atoms with Gasteiger partial charge in [0.2, 0.25) is 11.8 Å². The molecule has 624 valence electrons. The van der Waals surface area contributed by atoms with Gasteiger partial charge in [0.25, 0.3) is 5.91 Å². The minimum atomic E-state index is -2.63. The number of aliphatic carboxylic acids is 5. The van der Waals surface area contributed by atoms with Crippen molar-refractivity contribution in [2.45, 2.75) is 181 Å². The van der Waals surface area contributed by atoms with Gasteiger partial charge in [0.1, 0.15) is 48.3 Å². The number of aliphatic hydroxyl groups is 3. The Balaban J connectivity index is 0.775. The monoisotopic (exact) mass is 1640 g/mol. The number of methoxy groups -OCH3 is 2. The highest BCUT2D eigenvalue weighted by atomic mass is 33.1. The number of esters is 2. The first-order chi connectivity index (χ1) is 54.7. The van der Waals surface area contributed by atoms with Gasteiger partial charge in [-0.15, -0.1) is 0 Å². The third-order valence-electron chi connectivity index (χ3n) is 24.3. The predicted molar refractivity (Wildman–Crippen MR) is 419 cm³/mol. The molecule has 115 heavy (non-hydrogen) atoms. The first kappa shape index (κ1) is 87.9. The lowest BCUT2D eigenvalue weighted by molar-refractivity contribution is -0.203. The van der Waals surface area contributed by atoms with Gasteiger partial charge in [-0.25, -0.2) is 14.4 Å². The molecular formula is C81H104N8O24S2. The third-order valence-corrected chi connectivity index (χ3v) is 26.6. The zero-order chi connectivity index (χ0) is 83.5. The second-order valence-corrected chi connectivity index (χ2v) is 33.8. The van der Waals surface area contributed by atoms with Crippen molar-refractivity contribution in [1.82, 2.24) is 36.4 Å². The first-order valence-electron chi connectivity index (χ1n) is 38.9. The number of rotatable bonds is 40. The standard InChI is InChI=1S/C81H104N8O24S2/c1-6-77(109)40-47-41-80(75(107)112-5,54-35-48-17-11-12-18-52(48)53(54)24-29-88(43-47)45-77)56-37-55-60(39-62(56)111-4)87(3)72-79(55)26-30-89-28-14-25-78(7-2,71(79)89)73(105)81(72,110)74(106)83-42-66(97)113-31-32-114-115-44-59(70(103)104)85-67(98)50(33-46-15-9-8-10-16-46)36-61(91)58(38-65(95)96)84-63(92)23-20-49(68(99)100)34-51(90)21-22-57(69(101)102)86-76(108)82-27-13-19-64(93)94/h8-12,14-18,25,37,39,47,49-50,57-59,71-73,105,109-110H,6-7,13,19-24,26-36,38,40-45H2,1-5H3,(H,83,106)(H,84,92)(H,85,98)(H,93,94)(H,95,96)(H,99,100)(H,101,102)(H,103,104)(H2,82,86,108)/t47-,49-,50-,57+,58+,59+,71+,72-,73-,77+,78-,79-,80-,81+/m1/s1. The van der Waals surface area contributed by atoms with Crippen LogP contribution in [-0.2, 0) is 90.7 Å². The second kappa shape index (κ2) is 37.7. The first-order valence-corrected chi connectivity index (χ1v) is 41.4. The summed E-state index contributed by atoms with van der Waals surface area (Å²) < 4.78 is 18.0. The van der Waals surface area contributed by atoms with Gasteiger partial charge in [-0.3, -0.25) is 57.7 Å². The minimum absolute atomic E-state index is 0.0552. The summed E-state index contributed by atoms with van der Waals surface area (Å²) in [6, 6.07) is 12.8. The number of Topliss-reactive ketones (excluding diaryl/α,β-unsaturated/α-hetero) is 2. The predicted octanol–water partition coefficient (Wildman–Crippen LogP) is 3.80. The van der Waals surface area contributed by atoms with Crippen LogP contribution in [0.3, 0.4) is 0 Å². The molecule has 34 heteroatoms. The fourth-order valence-electron chi connectivity index (χ4n) is 19.0. The summed E-state index contributed by atoms with van der Waals surface area (Å²) in [4.78, 5) is 177. The number of aliphatic hydroxyl groups excluding tert-OH is 1. The molecule has 1 saturated carbocycles. The number of piperidine rings is 1. The van der Waals surface area contributed by atoms with Crippen molar-refractivity contribution in [2.24, 2.45) is 23.2 Å². The molecule has 2 aliphatic carbocycles. The molecule has 3 aromatic rings. The molecule has 15 atom stereocenters. The van der Waals surface area contributed by atoms with E-state index in [4.69, 9.17) is 19.3 Å². The number of nitrogens with zero attached hydrogens (tertiary/aromatic N) is 3. The maximum atomic E-state index is 15.7. The molecule has 10 rings (SSSR count). The smallest absolute Gasteiger partial charge is 0.327 e. The maximum absolute atomic E-state index is 15.7. The highest BCUT2D eigenvalue weighted by Crippen LogP contribution is 2.68. The molecule has 2 saturated heterocycles. The number of amides is 5. The number of hydrogen-bond donors (Lipinski definition) is 13. The molecule has 7 aliphatic rings. The number of carbonyl (C=O) groups excluding carboxylic acids is 8. The van der Waals surface area contributed by atoms with Crippen LogP contribution >= 0.6 is 21.6 Å². The number of carboxylic acids is 5. The number of benzene rings is 3. The fraction of sp³-hybridized carbons (Fsp3) is 0.568. The number of ether oxygens (including phenoxy) is 3. The maximum Gasteiger partial charge on any atom is 0.327 e. The molecule has 0 radical (unpaired) electrons. The summed E-state index contributed by atoms with van der Waals surface area (Å²) >= 11 is 0. The van der Waals surface area contributed by atoms with Crippen molar-refractivity contribution in [3.05, 3.63) is 112 Å². The van der Waals surface area contributed by atoms with E-state index in [0.29, 0.717) is 87.4 Å². The zero-order valence-electron chi connectivity index (χ0n) is 65.1. The van der Waals surface area contributed by atoms with Crippen molar-refractivity contribution in [3.8, 4) is 5.75 Å². The number of hydrogen-bond acceptors (Lipinski definition) is 24. The number of anilines is 1. The van der Waals surface area contributed by atoms with Gasteiger partial charge in [-0.1, -0.05) is 102 Å². The SMILES string of the molecule is CC[C@]1(O)C[C@H]2CN(CCC3=C(Cc4ccccc43)[C@@](C(=O)OC)(c3cc4c(cc3OC)N(C)[C@H]3[C@@](O)(C(=O)NCC(=O)OCCSSC[C@H](NC(=O)[C@@H](CC(=O)[C@H](CC(=O)O)NC(=O)CC[C@H](CC(=O)CC[C@H](NC(=O)NCCCC(=O)O)C(=O)O)C(=O)O)Cc5ccccc5)C(=O)O)[C@H](O)[C@]5(CC)C=CCN6CC[C@]43[C@@H]65)C2)C1. The molecule has 2 bridgehead atoms. The van der Waals surface area contributed by atoms with Gasteiger partial charge in [-0.05, 0) is 123 Å². The third kappa shape index (κ3) is 18.8. The van der Waals surface area contributed by atoms with Gasteiger partial charge in [0, 0.05) is 123 Å². The summed E-state index contributed by atoms with van der Waals surface area (Å²) in [7, 11) is 6.75. The lowest BCUT2D eigenvalue weighted by Gasteiger charge is -2.63. The van der Waals surface area contributed by atoms with E-state index >= 15 is 9.59 Å². The Morgan fingerprint density at radius 3 is 2.13 bits per heavy atom. The quantitative estimate of drug-likeness (QED) is 0.0167. The Hall–Kier alpha value is -9.45. The largest absolute Gasteiger partial charge is 0.496 e. The van der Waals surface area contributed by atoms with Crippen LogP contribution in [0.15, 0.2) is 84.5 Å². The lowest BCUT2D eigenvalue weighted by atomic mass is 9.47. The summed E-state index contributed by atoms with van der Waals surface area (Å²) in [5.74, 6) is -16.1. The highest BCUT2D eigenvalue weighted by molar-refractivity contribution is 8.76. The van der Waals surface area contributed by atoms with Crippen LogP contribution in [-0.4, -0.2) is 260 Å². The van der Waals surface area contributed by atoms with Crippen molar-refractivity contribution in [2.75, 3.05) is 90.1 Å². The van der Waals surface area contributed by atoms with Crippen molar-refractivity contribution in [3.63, 3.8) is 0 Å². The Bertz CT molecular complexity index is 4280. The molecule has 5 heterocycles. The van der Waals surface area contributed by atoms with Crippen molar-refractivity contribution < 1.29 is 117 Å². The highest BCUT2D eigenvalue weighted by Gasteiger charge is 2.79. The van der Waals surface area contributed by atoms with E-state index in [-0.39, 0.29) is 62.7 Å². The van der Waals surface area contributed by atoms with E-state index in [1.807, 2.05) is 55.2 Å². The molecule has 5 amide bonds. The molecule has 1 unspecified atom stereocenters. The molecule has 0 aromatic heterocycles. The number of nitrogens with one attached hydrogen (secondary N) is 5. The number of urea groups is 1. The normalized spacial score (nSPS) is 26.1. The van der Waals surface area contributed by atoms with Crippen LogP contribution in [0.25, 0.3) is 5.57 Å². The van der Waals surface area contributed by atoms with Gasteiger partial charge in [0.05, 0.1) is 44.2 Å². The Labute approximate surface area is 673 Å². The lowest BCUT2D eigenvalue weighted by Crippen LogP contribution is -2.81. The zero-order valence-corrected chi connectivity index (χ0v) is 66.7. The number of fused-ring (bicyclic) bond motifs is 5. The summed E-state index contributed by atoms with van der Waals surface area (Å²) in [5, 5.41) is 99.3. The van der Waals surface area contributed by atoms with Gasteiger partial charge < -0.3 is 86.5 Å². The Morgan fingerprint density at radius 1 is 0.722 bits per heavy atom. The average Bonchev–Trinajstić information content (AvgIpc) is 1.49. The molecule has 32 nitrogen and oxygen atoms in total. The number of likely N-dealkylation sites (N-methyl/N-ethyl adjacent to an activating group) is 1. The van der Waals surface area contributed by atoms with Crippen LogP contribution in [0.2, 0.25) is 0 Å². The molecule has 1 spiro atoms. The van der Waals surface area contributed by atoms with E-state index in [2.05, 4.69) is 48.5 Å². The van der Waals surface area contributed by atoms with E-state index < -0.39 is 204 Å². The van der Waals surface area contributed by atoms with Crippen molar-refractivity contribution in [1.29, 1.82) is 0 Å². The average molecular weight is 1640 g/mol. The fourth-order valence-corrected chi connectivity index (χ4v) is 21.0. The van der Waals surface area contributed by atoms with Crippen LogP contribution < -0.4 is 36.2 Å². The van der Waals surface area contributed by atoms with E-state index in [1.54, 1.807) is 44.5 Å². The summed E-state index contributed by atoms with van der Waals surface area (Å²) in [5.41, 5.74) is -1.01. The topological polar surface area (TPSA) is 481 Å². The van der Waals surface area contributed by atoms with Crippen LogP contribution in [0, 0.1) is 23.2 Å². The molecular weight excluding hydrogens is 1530 g/mol. The van der Waals surface area contributed by atoms with Crippen LogP contribution in [0.4, 0.5) is 10.5 Å². The molecule has 3 fully saturated rings. The van der Waals surface area contributed by atoms with Crippen molar-refractivity contribution >= 4 is 110 Å². The minimum Gasteiger partial charge on any atom is -0.496 e. The van der Waals surface area contributed by atoms with Crippen LogP contribution in [0.1, 0.15) is 138 Å².